The first-order chi connectivity index (χ1) is 36.7. The van der Waals surface area contributed by atoms with Crippen molar-refractivity contribution in [2.75, 3.05) is 14.7 Å². The molecule has 0 amide bonds. The molecule has 1 aromatic heterocycles. The van der Waals surface area contributed by atoms with Gasteiger partial charge in [0.15, 0.2) is 0 Å². The molecule has 16 rings (SSSR count). The summed E-state index contributed by atoms with van der Waals surface area (Å²) in [6.07, 6.45) is 0. The summed E-state index contributed by atoms with van der Waals surface area (Å²) >= 11 is 1.94. The molecule has 0 saturated carbocycles. The van der Waals surface area contributed by atoms with E-state index in [0.717, 1.165) is 57.0 Å². The summed E-state index contributed by atoms with van der Waals surface area (Å²) in [5.41, 5.74) is 21.3. The molecule has 12 aromatic rings. The SMILES string of the molecule is c1ccc(N(c2ccccc2)c2cc3c4c(c2)N(c2ccccc2)c2ccccc2B4c2cc4c5c(c2S3)c2ccccc2n5-c2cc(N(c3ccccc3)c3ccccc3)cc3c2B4c2ccccc2O3)cc1. The maximum absolute atomic E-state index is 7.15. The van der Waals surface area contributed by atoms with E-state index in [1.165, 1.54) is 75.7 Å². The van der Waals surface area contributed by atoms with E-state index < -0.39 is 0 Å². The van der Waals surface area contributed by atoms with Gasteiger partial charge in [-0.15, -0.1) is 0 Å². The minimum atomic E-state index is -0.0799. The van der Waals surface area contributed by atoms with E-state index in [-0.39, 0.29) is 13.4 Å². The number of anilines is 9. The van der Waals surface area contributed by atoms with Gasteiger partial charge in [0.1, 0.15) is 11.5 Å². The number of benzene rings is 11. The van der Waals surface area contributed by atoms with E-state index in [2.05, 4.69) is 274 Å². The Balaban J connectivity index is 1.01. The quantitative estimate of drug-likeness (QED) is 0.148. The summed E-state index contributed by atoms with van der Waals surface area (Å²) in [6.45, 7) is -0.126. The molecular weight excluding hydrogens is 918 g/mol. The number of hydrogen-bond donors (Lipinski definition) is 0. The minimum absolute atomic E-state index is 0.0465. The average Bonchev–Trinajstić information content (AvgIpc) is 3.87. The van der Waals surface area contributed by atoms with Gasteiger partial charge in [0.25, 0.3) is 6.71 Å². The Morgan fingerprint density at radius 1 is 0.378 bits per heavy atom. The van der Waals surface area contributed by atoms with Gasteiger partial charge in [0.2, 0.25) is 6.71 Å². The van der Waals surface area contributed by atoms with E-state index in [0.29, 0.717) is 0 Å². The molecule has 0 unspecified atom stereocenters. The van der Waals surface area contributed by atoms with Crippen molar-refractivity contribution < 1.29 is 4.74 Å². The van der Waals surface area contributed by atoms with Crippen LogP contribution < -0.4 is 52.2 Å². The van der Waals surface area contributed by atoms with Crippen LogP contribution in [0.1, 0.15) is 0 Å². The van der Waals surface area contributed by atoms with Gasteiger partial charge in [-0.25, -0.2) is 0 Å². The Hall–Kier alpha value is -9.10. The van der Waals surface area contributed by atoms with Crippen molar-refractivity contribution in [2.24, 2.45) is 0 Å². The molecule has 8 heteroatoms. The van der Waals surface area contributed by atoms with Crippen molar-refractivity contribution in [1.29, 1.82) is 0 Å². The first-order valence-corrected chi connectivity index (χ1v) is 26.2. The number of nitrogens with zero attached hydrogens (tertiary/aromatic N) is 4. The first kappa shape index (κ1) is 41.5. The molecule has 344 valence electrons. The minimum Gasteiger partial charge on any atom is -0.458 e. The van der Waals surface area contributed by atoms with Gasteiger partial charge in [-0.2, -0.15) is 0 Å². The molecule has 0 radical (unpaired) electrons. The Labute approximate surface area is 434 Å². The highest BCUT2D eigenvalue weighted by molar-refractivity contribution is 8.00. The molecule has 74 heavy (non-hydrogen) atoms. The fourth-order valence-corrected chi connectivity index (χ4v) is 14.0. The lowest BCUT2D eigenvalue weighted by molar-refractivity contribution is 0.487. The Morgan fingerprint density at radius 3 is 1.57 bits per heavy atom. The van der Waals surface area contributed by atoms with Crippen molar-refractivity contribution in [3.63, 3.8) is 0 Å². The molecule has 0 spiro atoms. The van der Waals surface area contributed by atoms with Gasteiger partial charge in [-0.3, -0.25) is 0 Å². The largest absolute Gasteiger partial charge is 0.458 e. The fraction of sp³-hybridized carbons (Fsp3) is 0. The third-order valence-electron chi connectivity index (χ3n) is 15.6. The Morgan fingerprint density at radius 2 is 0.905 bits per heavy atom. The smallest absolute Gasteiger partial charge is 0.256 e. The summed E-state index contributed by atoms with van der Waals surface area (Å²) in [5, 5.41) is 2.54. The van der Waals surface area contributed by atoms with Gasteiger partial charge < -0.3 is 24.0 Å². The summed E-state index contributed by atoms with van der Waals surface area (Å²) in [4.78, 5) is 9.84. The van der Waals surface area contributed by atoms with E-state index in [1.807, 2.05) is 11.8 Å². The number of para-hydroxylation sites is 8. The third-order valence-corrected chi connectivity index (χ3v) is 16.8. The van der Waals surface area contributed by atoms with Crippen LogP contribution in [-0.4, -0.2) is 18.0 Å². The lowest BCUT2D eigenvalue weighted by Gasteiger charge is -2.42. The van der Waals surface area contributed by atoms with Crippen LogP contribution in [-0.2, 0) is 0 Å². The molecule has 0 fully saturated rings. The highest BCUT2D eigenvalue weighted by Gasteiger charge is 2.47. The van der Waals surface area contributed by atoms with E-state index >= 15 is 0 Å². The standard InChI is InChI=1S/C66H42B2N4OS/c1-6-22-43(23-7-1)69(44-24-8-2-9-25-44)48-38-57-63-60(40-48)73-59-37-21-18-34-52(59)68(63)53-42-54-66(62-50-32-16-19-35-55(50)72(57)65(53)62)74-61-41-49(70(45-26-10-3-11-27-45)46-28-12-4-13-29-46)39-58-64(61)67(54)51-33-17-20-36-56(51)71(58)47-30-14-5-15-31-47/h1-42H. The summed E-state index contributed by atoms with van der Waals surface area (Å²) < 4.78 is 9.72. The fourth-order valence-electron chi connectivity index (χ4n) is 12.7. The molecule has 4 aliphatic heterocycles. The Kier molecular flexibility index (Phi) is 9.09. The zero-order valence-electron chi connectivity index (χ0n) is 40.0. The number of fused-ring (bicyclic) bond motifs is 12. The van der Waals surface area contributed by atoms with Crippen LogP contribution >= 0.6 is 11.8 Å². The molecule has 4 aliphatic rings. The molecule has 5 nitrogen and oxygen atoms in total. The van der Waals surface area contributed by atoms with E-state index in [1.54, 1.807) is 0 Å². The second kappa shape index (κ2) is 16.2. The number of hydrogen-bond acceptors (Lipinski definition) is 5. The van der Waals surface area contributed by atoms with Crippen LogP contribution in [0.2, 0.25) is 0 Å². The van der Waals surface area contributed by atoms with Crippen molar-refractivity contribution in [1.82, 2.24) is 4.57 Å². The van der Waals surface area contributed by atoms with E-state index in [9.17, 15) is 0 Å². The monoisotopic (exact) mass is 960 g/mol. The van der Waals surface area contributed by atoms with Crippen LogP contribution in [0, 0.1) is 0 Å². The molecule has 11 aromatic carbocycles. The van der Waals surface area contributed by atoms with Crippen molar-refractivity contribution >= 4 is 131 Å². The average molecular weight is 961 g/mol. The molecule has 0 aliphatic carbocycles. The molecule has 0 bridgehead atoms. The number of aromatic nitrogens is 1. The highest BCUT2D eigenvalue weighted by Crippen LogP contribution is 2.50. The van der Waals surface area contributed by atoms with E-state index in [4.69, 9.17) is 4.74 Å². The van der Waals surface area contributed by atoms with Gasteiger partial charge in [0.05, 0.1) is 16.7 Å². The molecule has 5 heterocycles. The maximum atomic E-state index is 7.15. The zero-order valence-corrected chi connectivity index (χ0v) is 40.8. The summed E-state index contributed by atoms with van der Waals surface area (Å²) in [6, 6.07) is 93.0. The topological polar surface area (TPSA) is 23.9 Å². The van der Waals surface area contributed by atoms with Crippen molar-refractivity contribution in [3.05, 3.63) is 255 Å². The normalized spacial score (nSPS) is 13.1. The predicted octanol–water partition coefficient (Wildman–Crippen LogP) is 13.4. The maximum Gasteiger partial charge on any atom is 0.256 e. The van der Waals surface area contributed by atoms with Gasteiger partial charge in [-0.05, 0) is 124 Å². The van der Waals surface area contributed by atoms with Crippen LogP contribution in [0.3, 0.4) is 0 Å². The predicted molar refractivity (Wildman–Crippen MR) is 311 cm³/mol. The van der Waals surface area contributed by atoms with Crippen molar-refractivity contribution in [3.8, 4) is 17.2 Å². The second-order valence-electron chi connectivity index (χ2n) is 19.6. The van der Waals surface area contributed by atoms with Crippen molar-refractivity contribution in [2.45, 2.75) is 9.79 Å². The van der Waals surface area contributed by atoms with Gasteiger partial charge in [-0.1, -0.05) is 169 Å². The summed E-state index contributed by atoms with van der Waals surface area (Å²) in [7, 11) is 0. The lowest BCUT2D eigenvalue weighted by Crippen LogP contribution is -2.63. The number of rotatable bonds is 7. The molecule has 0 saturated heterocycles. The zero-order chi connectivity index (χ0) is 48.4. The van der Waals surface area contributed by atoms with Gasteiger partial charge in [0, 0.05) is 77.8 Å². The highest BCUT2D eigenvalue weighted by atomic mass is 32.2. The molecular formula is C66H42B2N4OS. The van der Waals surface area contributed by atoms with Crippen LogP contribution in [0.4, 0.5) is 51.2 Å². The van der Waals surface area contributed by atoms with Crippen LogP contribution in [0.15, 0.2) is 265 Å². The first-order valence-electron chi connectivity index (χ1n) is 25.4. The number of ether oxygens (including phenoxy) is 1. The molecule has 0 atom stereocenters. The Bertz CT molecular complexity index is 4150. The van der Waals surface area contributed by atoms with Crippen LogP contribution in [0.5, 0.6) is 11.5 Å². The lowest BCUT2D eigenvalue weighted by atomic mass is 9.31. The second-order valence-corrected chi connectivity index (χ2v) is 20.6. The van der Waals surface area contributed by atoms with Gasteiger partial charge >= 0.3 is 0 Å². The summed E-state index contributed by atoms with van der Waals surface area (Å²) in [5.74, 6) is 1.77. The van der Waals surface area contributed by atoms with Crippen LogP contribution in [0.25, 0.3) is 27.5 Å². The third kappa shape index (κ3) is 6.03. The molecule has 0 N–H and O–H groups in total.